The summed E-state index contributed by atoms with van der Waals surface area (Å²) in [5.74, 6) is 1.61. The van der Waals surface area contributed by atoms with Gasteiger partial charge < -0.3 is 0 Å². The number of aromatic nitrogens is 8. The molecule has 5 aromatic rings. The molecule has 0 fully saturated rings. The molecule has 0 aliphatic rings. The number of aromatic amines is 2. The molecule has 34 heavy (non-hydrogen) atoms. The molecule has 4 heterocycles. The fourth-order valence-electron chi connectivity index (χ4n) is 4.19. The van der Waals surface area contributed by atoms with Crippen molar-refractivity contribution in [3.63, 3.8) is 0 Å². The van der Waals surface area contributed by atoms with E-state index < -0.39 is 0 Å². The van der Waals surface area contributed by atoms with Crippen LogP contribution in [-0.4, -0.2) is 44.9 Å². The molecule has 0 aliphatic heterocycles. The summed E-state index contributed by atoms with van der Waals surface area (Å²) in [5, 5.41) is 24.4. The van der Waals surface area contributed by atoms with Crippen LogP contribution in [0.2, 0.25) is 0 Å². The van der Waals surface area contributed by atoms with Crippen molar-refractivity contribution in [1.29, 1.82) is 0 Å². The molecule has 9 nitrogen and oxygen atoms in total. The van der Waals surface area contributed by atoms with Crippen LogP contribution in [0.3, 0.4) is 0 Å². The van der Waals surface area contributed by atoms with E-state index in [1.165, 1.54) is 5.56 Å². The molecule has 0 atom stereocenters. The molecule has 0 amide bonds. The average Bonchev–Trinajstić information content (AvgIpc) is 3.57. The Bertz CT molecular complexity index is 1300. The molecule has 0 radical (unpaired) electrons. The standard InChI is InChI=1S/C25H29N9/c1-17-10-24(28-26-17)33-19(3)12-22(30-33)15-32(14-21-8-6-5-7-9-21)16-23-13-20(4)34(31-23)25-11-18(2)27-29-25/h5-13H,14-16H2,1-4H3,(H,26,28)(H,27,29). The van der Waals surface area contributed by atoms with E-state index in [0.717, 1.165) is 52.3 Å². The highest BCUT2D eigenvalue weighted by Crippen LogP contribution is 2.18. The number of nitrogens with zero attached hydrogens (tertiary/aromatic N) is 7. The van der Waals surface area contributed by atoms with E-state index in [1.807, 2.05) is 41.4 Å². The number of H-pyrrole nitrogens is 2. The molecule has 0 unspecified atom stereocenters. The molecule has 174 valence electrons. The van der Waals surface area contributed by atoms with Crippen LogP contribution in [0.25, 0.3) is 11.6 Å². The number of aryl methyl sites for hydroxylation is 4. The first-order valence-electron chi connectivity index (χ1n) is 11.4. The monoisotopic (exact) mass is 455 g/mol. The van der Waals surface area contributed by atoms with E-state index >= 15 is 0 Å². The van der Waals surface area contributed by atoms with E-state index in [4.69, 9.17) is 10.2 Å². The van der Waals surface area contributed by atoms with Crippen molar-refractivity contribution in [3.8, 4) is 11.6 Å². The number of hydrogen-bond donors (Lipinski definition) is 2. The third-order valence-corrected chi connectivity index (χ3v) is 5.72. The summed E-state index contributed by atoms with van der Waals surface area (Å²) >= 11 is 0. The summed E-state index contributed by atoms with van der Waals surface area (Å²) in [6, 6.07) is 18.7. The molecular formula is C25H29N9. The minimum absolute atomic E-state index is 0.694. The maximum Gasteiger partial charge on any atom is 0.175 e. The van der Waals surface area contributed by atoms with Crippen LogP contribution < -0.4 is 0 Å². The van der Waals surface area contributed by atoms with E-state index in [9.17, 15) is 0 Å². The summed E-state index contributed by atoms with van der Waals surface area (Å²) in [4.78, 5) is 2.36. The van der Waals surface area contributed by atoms with Gasteiger partial charge in [0, 0.05) is 54.5 Å². The van der Waals surface area contributed by atoms with Crippen LogP contribution in [0.1, 0.15) is 39.7 Å². The Morgan fingerprint density at radius 2 is 1.18 bits per heavy atom. The van der Waals surface area contributed by atoms with Crippen molar-refractivity contribution < 1.29 is 0 Å². The highest BCUT2D eigenvalue weighted by atomic mass is 15.4. The summed E-state index contributed by atoms with van der Waals surface area (Å²) in [6.45, 7) is 10.3. The molecule has 0 aliphatic carbocycles. The normalized spacial score (nSPS) is 11.6. The van der Waals surface area contributed by atoms with Gasteiger partial charge in [-0.05, 0) is 45.4 Å². The van der Waals surface area contributed by atoms with Gasteiger partial charge >= 0.3 is 0 Å². The SMILES string of the molecule is Cc1cc(-n2nc(CN(Cc3ccccc3)Cc3cc(C)n(-c4cc(C)[nH]n4)n3)cc2C)n[nH]1. The Kier molecular flexibility index (Phi) is 5.85. The number of hydrogen-bond acceptors (Lipinski definition) is 5. The van der Waals surface area contributed by atoms with Crippen LogP contribution in [-0.2, 0) is 19.6 Å². The Labute approximate surface area is 198 Å². The van der Waals surface area contributed by atoms with Gasteiger partial charge in [-0.1, -0.05) is 30.3 Å². The Morgan fingerprint density at radius 1 is 0.676 bits per heavy atom. The smallest absolute Gasteiger partial charge is 0.175 e. The predicted octanol–water partition coefficient (Wildman–Crippen LogP) is 3.94. The fraction of sp³-hybridized carbons (Fsp3) is 0.280. The van der Waals surface area contributed by atoms with Crippen LogP contribution in [0, 0.1) is 27.7 Å². The van der Waals surface area contributed by atoms with Crippen molar-refractivity contribution in [2.45, 2.75) is 47.3 Å². The van der Waals surface area contributed by atoms with E-state index in [0.29, 0.717) is 13.1 Å². The van der Waals surface area contributed by atoms with Gasteiger partial charge in [0.25, 0.3) is 0 Å². The van der Waals surface area contributed by atoms with Crippen LogP contribution in [0.15, 0.2) is 54.6 Å². The second-order valence-corrected chi connectivity index (χ2v) is 8.83. The molecule has 0 spiro atoms. The summed E-state index contributed by atoms with van der Waals surface area (Å²) in [5.41, 5.74) is 7.36. The molecule has 5 rings (SSSR count). The van der Waals surface area contributed by atoms with Crippen molar-refractivity contribution in [3.05, 3.63) is 94.3 Å². The zero-order chi connectivity index (χ0) is 23.7. The molecular weight excluding hydrogens is 426 g/mol. The predicted molar refractivity (Wildman–Crippen MR) is 130 cm³/mol. The van der Waals surface area contributed by atoms with Gasteiger partial charge in [0.15, 0.2) is 11.6 Å². The minimum atomic E-state index is 0.694. The maximum atomic E-state index is 4.84. The summed E-state index contributed by atoms with van der Waals surface area (Å²) < 4.78 is 3.77. The third kappa shape index (κ3) is 4.69. The van der Waals surface area contributed by atoms with Crippen LogP contribution in [0.5, 0.6) is 0 Å². The summed E-state index contributed by atoms with van der Waals surface area (Å²) in [6.07, 6.45) is 0. The Morgan fingerprint density at radius 3 is 1.62 bits per heavy atom. The van der Waals surface area contributed by atoms with Gasteiger partial charge in [0.2, 0.25) is 0 Å². The van der Waals surface area contributed by atoms with Crippen LogP contribution >= 0.6 is 0 Å². The molecule has 0 saturated carbocycles. The number of benzene rings is 1. The van der Waals surface area contributed by atoms with Crippen molar-refractivity contribution in [1.82, 2.24) is 44.9 Å². The largest absolute Gasteiger partial charge is 0.287 e. The van der Waals surface area contributed by atoms with E-state index in [-0.39, 0.29) is 0 Å². The Balaban J connectivity index is 1.40. The first kappa shape index (κ1) is 21.8. The minimum Gasteiger partial charge on any atom is -0.287 e. The van der Waals surface area contributed by atoms with Gasteiger partial charge in [0.1, 0.15) is 0 Å². The average molecular weight is 456 g/mol. The van der Waals surface area contributed by atoms with Gasteiger partial charge in [-0.2, -0.15) is 20.4 Å². The van der Waals surface area contributed by atoms with Gasteiger partial charge in [0.05, 0.1) is 11.4 Å². The first-order valence-corrected chi connectivity index (χ1v) is 11.4. The van der Waals surface area contributed by atoms with Crippen molar-refractivity contribution in [2.24, 2.45) is 0 Å². The second kappa shape index (κ2) is 9.11. The lowest BCUT2D eigenvalue weighted by molar-refractivity contribution is 0.241. The van der Waals surface area contributed by atoms with Gasteiger partial charge in [-0.3, -0.25) is 15.1 Å². The third-order valence-electron chi connectivity index (χ3n) is 5.72. The lowest BCUT2D eigenvalue weighted by atomic mass is 10.2. The maximum absolute atomic E-state index is 4.84. The molecule has 9 heteroatoms. The second-order valence-electron chi connectivity index (χ2n) is 8.83. The first-order chi connectivity index (χ1) is 16.4. The van der Waals surface area contributed by atoms with Gasteiger partial charge in [-0.15, -0.1) is 0 Å². The highest BCUT2D eigenvalue weighted by molar-refractivity contribution is 5.28. The molecule has 0 saturated heterocycles. The molecule has 0 bridgehead atoms. The van der Waals surface area contributed by atoms with E-state index in [2.05, 4.69) is 75.5 Å². The quantitative estimate of drug-likeness (QED) is 0.369. The zero-order valence-electron chi connectivity index (χ0n) is 19.9. The molecule has 1 aromatic carbocycles. The van der Waals surface area contributed by atoms with Crippen molar-refractivity contribution in [2.75, 3.05) is 0 Å². The topological polar surface area (TPSA) is 96.2 Å². The van der Waals surface area contributed by atoms with E-state index in [1.54, 1.807) is 0 Å². The highest BCUT2D eigenvalue weighted by Gasteiger charge is 2.16. The lowest BCUT2D eigenvalue weighted by Crippen LogP contribution is -2.23. The summed E-state index contributed by atoms with van der Waals surface area (Å²) in [7, 11) is 0. The molecule has 2 N–H and O–H groups in total. The van der Waals surface area contributed by atoms with Crippen molar-refractivity contribution >= 4 is 0 Å². The fourth-order valence-corrected chi connectivity index (χ4v) is 4.19. The number of nitrogens with one attached hydrogen (secondary N) is 2. The van der Waals surface area contributed by atoms with Gasteiger partial charge in [-0.25, -0.2) is 9.36 Å². The molecule has 4 aromatic heterocycles. The number of rotatable bonds is 8. The van der Waals surface area contributed by atoms with Crippen LogP contribution in [0.4, 0.5) is 0 Å². The Hall–Kier alpha value is -3.98. The zero-order valence-corrected chi connectivity index (χ0v) is 19.9. The lowest BCUT2D eigenvalue weighted by Gasteiger charge is -2.20.